The molecule has 4 bridgehead atoms. The van der Waals surface area contributed by atoms with Gasteiger partial charge in [0, 0.05) is 11.3 Å². The van der Waals surface area contributed by atoms with E-state index in [0.717, 1.165) is 22.4 Å². The van der Waals surface area contributed by atoms with Crippen molar-refractivity contribution in [3.05, 3.63) is 82.8 Å². The lowest BCUT2D eigenvalue weighted by atomic mass is 9.72. The summed E-state index contributed by atoms with van der Waals surface area (Å²) in [6.45, 7) is 3.92. The summed E-state index contributed by atoms with van der Waals surface area (Å²) in [6, 6.07) is 12.3. The van der Waals surface area contributed by atoms with Crippen LogP contribution >= 0.6 is 0 Å². The summed E-state index contributed by atoms with van der Waals surface area (Å²) in [5.41, 5.74) is 9.19. The number of nitrogens with one attached hydrogen (secondary N) is 2. The third kappa shape index (κ3) is 3.33. The molecule has 0 saturated heterocycles. The predicted molar refractivity (Wildman–Crippen MR) is 142 cm³/mol. The number of para-hydroxylation sites is 1. The number of ether oxygens (including phenoxy) is 2. The first-order valence-electron chi connectivity index (χ1n) is 13.1. The van der Waals surface area contributed by atoms with Gasteiger partial charge in [0.2, 0.25) is 17.7 Å². The Morgan fingerprint density at radius 1 is 1.15 bits per heavy atom. The van der Waals surface area contributed by atoms with Gasteiger partial charge in [-0.3, -0.25) is 4.79 Å². The minimum absolute atomic E-state index is 0.00467. The van der Waals surface area contributed by atoms with E-state index in [-0.39, 0.29) is 29.3 Å². The van der Waals surface area contributed by atoms with Crippen LogP contribution in [0.3, 0.4) is 0 Å². The number of carbonyl (C=O) groups is 2. The zero-order valence-corrected chi connectivity index (χ0v) is 22.1. The van der Waals surface area contributed by atoms with E-state index in [1.807, 2.05) is 56.3 Å². The lowest BCUT2D eigenvalue weighted by Crippen LogP contribution is -2.45. The second-order valence-electron chi connectivity index (χ2n) is 10.6. The van der Waals surface area contributed by atoms with Gasteiger partial charge in [0.05, 0.1) is 13.2 Å². The number of anilines is 1. The van der Waals surface area contributed by atoms with Crippen molar-refractivity contribution in [1.29, 1.82) is 0 Å². The standard InChI is InChI=1S/C29H27N5O6/c1-13(2)21-26-34-22(25-31-19(12-38-25)27(36)37-3)23(40-26)29-15-6-4-5-7-18(15)32-28(29)39-20-9-8-14(10-16(20)29)11-17(30)24(35)33-21/h4-10,12-13,17,21,28,32H,11,30H2,1-3H3,(H,33,35)/t17-,21-,28?,29-/m0/s1. The van der Waals surface area contributed by atoms with Crippen LogP contribution in [0.5, 0.6) is 5.75 Å². The molecule has 0 radical (unpaired) electrons. The zero-order valence-electron chi connectivity index (χ0n) is 22.1. The van der Waals surface area contributed by atoms with Crippen molar-refractivity contribution in [1.82, 2.24) is 15.3 Å². The number of fused-ring (bicyclic) bond motifs is 4. The number of hydrogen-bond donors (Lipinski definition) is 3. The van der Waals surface area contributed by atoms with E-state index in [4.69, 9.17) is 29.0 Å². The number of benzene rings is 2. The Morgan fingerprint density at radius 2 is 1.98 bits per heavy atom. The first-order chi connectivity index (χ1) is 19.3. The Hall–Kier alpha value is -4.64. The summed E-state index contributed by atoms with van der Waals surface area (Å²) in [5.74, 6) is 0.372. The molecule has 204 valence electrons. The molecule has 1 spiro atoms. The molecule has 4 N–H and O–H groups in total. The Labute approximate surface area is 229 Å². The van der Waals surface area contributed by atoms with E-state index in [2.05, 4.69) is 15.6 Å². The SMILES string of the molecule is COC(=O)c1coc(-c2nc3oc2[C@@]24c5ccccc5NC2Oc2ccc(cc24)C[C@H](N)C(=O)N[C@H]3C(C)C)n1. The fraction of sp³-hybridized carbons (Fsp3) is 0.310. The molecule has 4 aromatic rings. The number of methoxy groups -OCH3 is 1. The molecule has 3 aliphatic rings. The quantitative estimate of drug-likeness (QED) is 0.329. The fourth-order valence-electron chi connectivity index (χ4n) is 5.94. The largest absolute Gasteiger partial charge is 0.469 e. The van der Waals surface area contributed by atoms with Gasteiger partial charge in [-0.25, -0.2) is 14.8 Å². The minimum Gasteiger partial charge on any atom is -0.469 e. The van der Waals surface area contributed by atoms with Crippen molar-refractivity contribution in [2.24, 2.45) is 11.7 Å². The monoisotopic (exact) mass is 541 g/mol. The first-order valence-corrected chi connectivity index (χ1v) is 13.1. The average Bonchev–Trinajstić information content (AvgIpc) is 3.71. The molecule has 7 rings (SSSR count). The fourth-order valence-corrected chi connectivity index (χ4v) is 5.94. The number of rotatable bonds is 3. The summed E-state index contributed by atoms with van der Waals surface area (Å²) >= 11 is 0. The van der Waals surface area contributed by atoms with Gasteiger partial charge < -0.3 is 34.7 Å². The molecular formula is C29H27N5O6. The summed E-state index contributed by atoms with van der Waals surface area (Å²) in [6.07, 6.45) is 0.983. The van der Waals surface area contributed by atoms with E-state index >= 15 is 0 Å². The molecule has 1 amide bonds. The maximum atomic E-state index is 13.2. The lowest BCUT2D eigenvalue weighted by molar-refractivity contribution is -0.123. The molecule has 0 saturated carbocycles. The van der Waals surface area contributed by atoms with E-state index in [0.29, 0.717) is 23.6 Å². The van der Waals surface area contributed by atoms with Crippen molar-refractivity contribution in [3.8, 4) is 17.3 Å². The maximum absolute atomic E-state index is 13.2. The highest BCUT2D eigenvalue weighted by Gasteiger charge is 2.61. The number of aromatic nitrogens is 2. The molecule has 2 aromatic carbocycles. The van der Waals surface area contributed by atoms with Crippen LogP contribution in [0.4, 0.5) is 5.69 Å². The molecule has 4 atom stereocenters. The predicted octanol–water partition coefficient (Wildman–Crippen LogP) is 3.29. The van der Waals surface area contributed by atoms with Gasteiger partial charge in [0.25, 0.3) is 0 Å². The average molecular weight is 542 g/mol. The van der Waals surface area contributed by atoms with Crippen LogP contribution in [-0.2, 0) is 21.4 Å². The third-order valence-electron chi connectivity index (χ3n) is 7.87. The number of carbonyl (C=O) groups excluding carboxylic acids is 2. The normalized spacial score (nSPS) is 24.2. The molecule has 40 heavy (non-hydrogen) atoms. The number of oxazole rings is 2. The number of nitrogens with two attached hydrogens (primary N) is 1. The Balaban J connectivity index is 1.56. The van der Waals surface area contributed by atoms with Gasteiger partial charge in [-0.05, 0) is 35.6 Å². The summed E-state index contributed by atoms with van der Waals surface area (Å²) in [5, 5.41) is 6.54. The van der Waals surface area contributed by atoms with Gasteiger partial charge >= 0.3 is 5.97 Å². The van der Waals surface area contributed by atoms with Crippen LogP contribution in [0.2, 0.25) is 0 Å². The summed E-state index contributed by atoms with van der Waals surface area (Å²) in [7, 11) is 1.27. The van der Waals surface area contributed by atoms with Crippen LogP contribution < -0.4 is 21.1 Å². The Morgan fingerprint density at radius 3 is 2.77 bits per heavy atom. The van der Waals surface area contributed by atoms with Crippen molar-refractivity contribution in [2.45, 2.75) is 44.0 Å². The number of esters is 1. The van der Waals surface area contributed by atoms with Crippen LogP contribution in [0.15, 0.2) is 57.6 Å². The van der Waals surface area contributed by atoms with Gasteiger partial charge in [0.1, 0.15) is 23.5 Å². The van der Waals surface area contributed by atoms with Gasteiger partial charge in [-0.2, -0.15) is 0 Å². The van der Waals surface area contributed by atoms with Crippen molar-refractivity contribution in [2.75, 3.05) is 12.4 Å². The van der Waals surface area contributed by atoms with E-state index < -0.39 is 29.7 Å². The molecule has 11 heteroatoms. The van der Waals surface area contributed by atoms with Gasteiger partial charge in [-0.15, -0.1) is 0 Å². The molecular weight excluding hydrogens is 514 g/mol. The number of nitrogens with zero attached hydrogens (tertiary/aromatic N) is 2. The number of amides is 1. The highest BCUT2D eigenvalue weighted by molar-refractivity contribution is 5.87. The number of hydrogen-bond acceptors (Lipinski definition) is 10. The topological polar surface area (TPSA) is 155 Å². The Kier molecular flexibility index (Phi) is 5.30. The molecule has 0 aliphatic carbocycles. The minimum atomic E-state index is -0.989. The Bertz CT molecular complexity index is 1670. The molecule has 11 nitrogen and oxygen atoms in total. The summed E-state index contributed by atoms with van der Waals surface area (Å²) in [4.78, 5) is 34.7. The van der Waals surface area contributed by atoms with E-state index in [1.54, 1.807) is 0 Å². The van der Waals surface area contributed by atoms with Crippen LogP contribution in [0, 0.1) is 5.92 Å². The highest BCUT2D eigenvalue weighted by atomic mass is 16.5. The second kappa shape index (κ2) is 8.68. The van der Waals surface area contributed by atoms with Crippen LogP contribution in [-0.4, -0.2) is 41.2 Å². The molecule has 3 aliphatic heterocycles. The van der Waals surface area contributed by atoms with Crippen molar-refractivity contribution < 1.29 is 27.9 Å². The van der Waals surface area contributed by atoms with E-state index in [9.17, 15) is 9.59 Å². The lowest BCUT2D eigenvalue weighted by Gasteiger charge is -2.28. The van der Waals surface area contributed by atoms with Crippen LogP contribution in [0.1, 0.15) is 58.7 Å². The van der Waals surface area contributed by atoms with Crippen molar-refractivity contribution in [3.63, 3.8) is 0 Å². The van der Waals surface area contributed by atoms with Gasteiger partial charge in [-0.1, -0.05) is 44.2 Å². The zero-order chi connectivity index (χ0) is 27.8. The maximum Gasteiger partial charge on any atom is 0.360 e. The third-order valence-corrected chi connectivity index (χ3v) is 7.87. The molecule has 1 unspecified atom stereocenters. The van der Waals surface area contributed by atoms with Crippen molar-refractivity contribution >= 4 is 17.6 Å². The molecule has 2 aromatic heterocycles. The van der Waals surface area contributed by atoms with E-state index in [1.165, 1.54) is 13.4 Å². The van der Waals surface area contributed by atoms with Crippen LogP contribution in [0.25, 0.3) is 11.6 Å². The first kappa shape index (κ1) is 24.4. The smallest absolute Gasteiger partial charge is 0.360 e. The summed E-state index contributed by atoms with van der Waals surface area (Å²) < 4.78 is 23.8. The molecule has 0 fully saturated rings. The molecule has 5 heterocycles. The highest BCUT2D eigenvalue weighted by Crippen LogP contribution is 2.59. The second-order valence-corrected chi connectivity index (χ2v) is 10.6. The van der Waals surface area contributed by atoms with Gasteiger partial charge in [0.15, 0.2) is 23.4 Å².